The topological polar surface area (TPSA) is 537 Å². The van der Waals surface area contributed by atoms with Crippen LogP contribution in [0.15, 0.2) is 0 Å². The normalized spacial score (nSPS) is 26.2. The van der Waals surface area contributed by atoms with E-state index in [1.54, 1.807) is 0 Å². The van der Waals surface area contributed by atoms with Gasteiger partial charge in [0.25, 0.3) is 0 Å². The molecule has 36 heteroatoms. The number of aliphatic hydroxyl groups excluding tert-OH is 9. The van der Waals surface area contributed by atoms with Crippen molar-refractivity contribution in [2.75, 3.05) is 120 Å². The van der Waals surface area contributed by atoms with E-state index < -0.39 is 154 Å². The fraction of sp³-hybridized carbons (Fsp3) is 0.875. The molecule has 3 fully saturated rings. The van der Waals surface area contributed by atoms with Gasteiger partial charge in [0.2, 0.25) is 35.4 Å². The number of methoxy groups -OCH3 is 1. The lowest BCUT2D eigenvalue weighted by molar-refractivity contribution is -0.143. The Morgan fingerprint density at radius 2 is 0.860 bits per heavy atom. The minimum atomic E-state index is -3.75. The summed E-state index contributed by atoms with van der Waals surface area (Å²) in [6.45, 7) is 5.98. The molecule has 3 rings (SSSR count). The van der Waals surface area contributed by atoms with Crippen molar-refractivity contribution >= 4 is 54.8 Å². The summed E-state index contributed by atoms with van der Waals surface area (Å²) >= 11 is 0. The molecule has 16 unspecified atom stereocenters. The number of carbonyl (C=O) groups is 8. The second-order valence-corrected chi connectivity index (χ2v) is 26.4. The predicted molar refractivity (Wildman–Crippen MR) is 358 cm³/mol. The van der Waals surface area contributed by atoms with Crippen LogP contribution >= 0.6 is 7.82 Å². The number of carbonyl (C=O) groups excluding carboxylic acids is 8. The van der Waals surface area contributed by atoms with E-state index in [9.17, 15) is 88.9 Å². The van der Waals surface area contributed by atoms with Crippen molar-refractivity contribution in [1.82, 2.24) is 31.9 Å². The van der Waals surface area contributed by atoms with Crippen LogP contribution in [0.1, 0.15) is 144 Å². The Kier molecular flexibility index (Phi) is 50.0. The SMILES string of the molecule is CC.COCNC(=O)CCCC(=O)NC(COCCC(=O)CCCOC1CC(CO)C(O)C(O)C1NC(C)=O)(COCCC(=O)CCCOC1CC(CO)C(O)C(O)C1NC(C)=O)COCCC(=O)NCCOC1CC(CO)C(O)C(O)C1NC(C)=O.COP(=O)(O)OCCCCCCN. The van der Waals surface area contributed by atoms with Gasteiger partial charge in [0, 0.05) is 137 Å². The molecule has 0 saturated heterocycles. The maximum atomic E-state index is 13.7. The fourth-order valence-corrected chi connectivity index (χ4v) is 11.8. The zero-order valence-corrected chi connectivity index (χ0v) is 60.2. The Balaban J connectivity index is 0.00000297. The fourth-order valence-electron chi connectivity index (χ4n) is 11.4. The number of hydrogen-bond acceptors (Lipinski definition) is 28. The molecular formula is C64H120N7O28P. The largest absolute Gasteiger partial charge is 0.471 e. The molecule has 0 aliphatic heterocycles. The van der Waals surface area contributed by atoms with E-state index in [0.717, 1.165) is 32.8 Å². The molecule has 18 N–H and O–H groups in total. The van der Waals surface area contributed by atoms with Gasteiger partial charge >= 0.3 is 7.82 Å². The third-order valence-corrected chi connectivity index (χ3v) is 17.7. The van der Waals surface area contributed by atoms with Gasteiger partial charge in [0.05, 0.1) is 108 Å². The van der Waals surface area contributed by atoms with Crippen LogP contribution in [-0.2, 0) is 85.1 Å². The number of aliphatic hydroxyl groups is 9. The van der Waals surface area contributed by atoms with E-state index >= 15 is 0 Å². The molecule has 35 nitrogen and oxygen atoms in total. The van der Waals surface area contributed by atoms with Crippen LogP contribution in [0.4, 0.5) is 0 Å². The van der Waals surface area contributed by atoms with E-state index in [0.29, 0.717) is 6.54 Å². The van der Waals surface area contributed by atoms with Crippen LogP contribution in [0.3, 0.4) is 0 Å². The summed E-state index contributed by atoms with van der Waals surface area (Å²) in [4.78, 5) is 110. The van der Waals surface area contributed by atoms with Gasteiger partial charge in [0.15, 0.2) is 0 Å². The third-order valence-electron chi connectivity index (χ3n) is 16.7. The number of nitrogens with one attached hydrogen (secondary N) is 6. The minimum Gasteiger partial charge on any atom is -0.396 e. The number of ether oxygens (including phenoxy) is 7. The molecule has 0 radical (unpaired) electrons. The summed E-state index contributed by atoms with van der Waals surface area (Å²) < 4.78 is 60.3. The first kappa shape index (κ1) is 93.6. The van der Waals surface area contributed by atoms with E-state index in [4.69, 9.17) is 43.8 Å². The molecule has 0 aromatic carbocycles. The number of ketones is 2. The second-order valence-electron chi connectivity index (χ2n) is 24.8. The average Bonchev–Trinajstić information content (AvgIpc) is 0.836. The predicted octanol–water partition coefficient (Wildman–Crippen LogP) is -3.07. The molecule has 3 saturated carbocycles. The molecule has 6 amide bonds. The quantitative estimate of drug-likeness (QED) is 0.0163. The number of amides is 6. The highest BCUT2D eigenvalue weighted by Gasteiger charge is 2.47. The summed E-state index contributed by atoms with van der Waals surface area (Å²) in [7, 11) is -1.20. The van der Waals surface area contributed by atoms with Crippen LogP contribution in [0.25, 0.3) is 0 Å². The van der Waals surface area contributed by atoms with Gasteiger partial charge in [-0.1, -0.05) is 26.7 Å². The molecule has 584 valence electrons. The Bertz CT molecular complexity index is 2190. The van der Waals surface area contributed by atoms with Gasteiger partial charge in [0.1, 0.15) is 42.1 Å². The standard InChI is InChI=1S/C55H96N6O24.C7H18NO4P.C2H6/c1-32(65)58-46-40(22-35(25-62)49(73)52(46)76)83-16-6-8-38(68)12-18-80-28-55(61-45(72)11-5-10-43(70)57-31-79-4,29-81-19-13-39(69)9-7-17-84-41-23-36(26-63)50(74)53(77)47(41)59-33(2)66)30-82-20-14-44(71)56-15-21-85-42-24-37(27-64)51(75)54(78)48(42)60-34(3)67;1-11-13(9,10)12-7-5-3-2-4-6-8;1-2/h35-37,40-42,46-54,62-64,73-78H,5-31H2,1-4H3,(H,56,71)(H,57,70)(H,58,65)(H,59,66)(H,60,67)(H,61,72);2-8H2,1H3,(H,9,10);1-2H3. The van der Waals surface area contributed by atoms with Crippen molar-refractivity contribution in [2.24, 2.45) is 23.5 Å². The smallest absolute Gasteiger partial charge is 0.396 e. The van der Waals surface area contributed by atoms with Crippen LogP contribution in [0.2, 0.25) is 0 Å². The van der Waals surface area contributed by atoms with Gasteiger partial charge in [-0.15, -0.1) is 0 Å². The van der Waals surface area contributed by atoms with Crippen LogP contribution in [0.5, 0.6) is 0 Å². The first-order valence-electron chi connectivity index (χ1n) is 34.5. The molecule has 0 heterocycles. The van der Waals surface area contributed by atoms with Gasteiger partial charge < -0.3 is 122 Å². The molecule has 16 atom stereocenters. The highest BCUT2D eigenvalue weighted by Crippen LogP contribution is 2.42. The molecule has 3 aliphatic carbocycles. The van der Waals surface area contributed by atoms with Crippen LogP contribution in [0, 0.1) is 17.8 Å². The number of unbranched alkanes of at least 4 members (excludes halogenated alkanes) is 3. The summed E-state index contributed by atoms with van der Waals surface area (Å²) in [5, 5.41) is 108. The van der Waals surface area contributed by atoms with Crippen LogP contribution in [-0.4, -0.2) is 296 Å². The molecule has 3 aliphatic rings. The minimum absolute atomic E-state index is 0.00717. The lowest BCUT2D eigenvalue weighted by Gasteiger charge is -2.42. The van der Waals surface area contributed by atoms with Crippen molar-refractivity contribution in [3.8, 4) is 0 Å². The number of phosphoric ester groups is 1. The second kappa shape index (κ2) is 53.4. The monoisotopic (exact) mass is 1470 g/mol. The molecule has 0 spiro atoms. The maximum Gasteiger partial charge on any atom is 0.471 e. The van der Waals surface area contributed by atoms with Crippen molar-refractivity contribution in [3.63, 3.8) is 0 Å². The van der Waals surface area contributed by atoms with Gasteiger partial charge in [-0.3, -0.25) is 47.4 Å². The lowest BCUT2D eigenvalue weighted by atomic mass is 9.79. The summed E-state index contributed by atoms with van der Waals surface area (Å²) in [5.41, 5.74) is 3.79. The van der Waals surface area contributed by atoms with E-state index in [1.807, 2.05) is 13.8 Å². The molecule has 100 heavy (non-hydrogen) atoms. The highest BCUT2D eigenvalue weighted by atomic mass is 31.2. The van der Waals surface area contributed by atoms with E-state index in [2.05, 4.69) is 40.9 Å². The van der Waals surface area contributed by atoms with Gasteiger partial charge in [-0.05, 0) is 57.9 Å². The lowest BCUT2D eigenvalue weighted by Crippen LogP contribution is -2.61. The Morgan fingerprint density at radius 1 is 0.470 bits per heavy atom. The number of Topliss-reactive ketones (excluding diaryl/α,β-unsaturated/α-hetero) is 2. The number of rotatable bonds is 50. The molecular weight excluding hydrogens is 1350 g/mol. The molecule has 0 bridgehead atoms. The third kappa shape index (κ3) is 37.9. The molecule has 0 aromatic rings. The summed E-state index contributed by atoms with van der Waals surface area (Å²) in [5.74, 6) is -5.32. The zero-order chi connectivity index (χ0) is 75.2. The first-order chi connectivity index (χ1) is 47.6. The van der Waals surface area contributed by atoms with Crippen molar-refractivity contribution in [3.05, 3.63) is 0 Å². The maximum absolute atomic E-state index is 13.7. The Labute approximate surface area is 586 Å². The average molecular weight is 1470 g/mol. The van der Waals surface area contributed by atoms with Gasteiger partial charge in [-0.2, -0.15) is 0 Å². The van der Waals surface area contributed by atoms with Crippen molar-refractivity contribution < 1.29 is 136 Å². The highest BCUT2D eigenvalue weighted by molar-refractivity contribution is 7.47. The number of phosphoric acid groups is 1. The summed E-state index contributed by atoms with van der Waals surface area (Å²) in [6, 6.07) is -2.88. The van der Waals surface area contributed by atoms with Crippen molar-refractivity contribution in [2.45, 2.75) is 222 Å². The van der Waals surface area contributed by atoms with E-state index in [1.165, 1.54) is 27.9 Å². The Morgan fingerprint density at radius 3 is 1.25 bits per heavy atom. The van der Waals surface area contributed by atoms with Gasteiger partial charge in [-0.25, -0.2) is 4.57 Å². The molecule has 0 aromatic heterocycles. The summed E-state index contributed by atoms with van der Waals surface area (Å²) in [6.07, 6.45) is -6.12. The zero-order valence-electron chi connectivity index (χ0n) is 59.3. The number of nitrogens with two attached hydrogens (primary N) is 1. The van der Waals surface area contributed by atoms with E-state index in [-0.39, 0.29) is 180 Å². The van der Waals surface area contributed by atoms with Crippen molar-refractivity contribution in [1.29, 1.82) is 0 Å². The first-order valence-corrected chi connectivity index (χ1v) is 36.0. The number of hydrogen-bond donors (Lipinski definition) is 17. The Hall–Kier alpha value is -4.41. The van der Waals surface area contributed by atoms with Crippen LogP contribution < -0.4 is 37.6 Å².